The summed E-state index contributed by atoms with van der Waals surface area (Å²) in [6.07, 6.45) is -3.88. The minimum Gasteiger partial charge on any atom is -0.382 e. The molecule has 1 aliphatic rings. The monoisotopic (exact) mass is 541 g/mol. The van der Waals surface area contributed by atoms with Crippen molar-refractivity contribution in [2.45, 2.75) is 32.5 Å². The molecule has 1 aromatic heterocycles. The summed E-state index contributed by atoms with van der Waals surface area (Å²) in [6.45, 7) is 5.55. The van der Waals surface area contributed by atoms with E-state index in [2.05, 4.69) is 38.7 Å². The van der Waals surface area contributed by atoms with Crippen molar-refractivity contribution in [2.24, 2.45) is 5.92 Å². The first-order valence-electron chi connectivity index (χ1n) is 12.7. The van der Waals surface area contributed by atoms with Crippen LogP contribution in [0.2, 0.25) is 0 Å². The van der Waals surface area contributed by atoms with Crippen LogP contribution in [0.5, 0.6) is 0 Å². The Hall–Kier alpha value is -3.92. The van der Waals surface area contributed by atoms with Crippen LogP contribution in [0.4, 0.5) is 18.9 Å². The van der Waals surface area contributed by atoms with Gasteiger partial charge < -0.3 is 19.5 Å². The SMILES string of the molecule is CCc1cc(C(=O)OC(=O)C(F)(F)F)c(=O)[nH]c1-c1ccc(N2CCC(CN(C)Cc3ccccc3)C2)cc1. The number of halogens is 3. The Bertz CT molecular complexity index is 1370. The first-order chi connectivity index (χ1) is 18.5. The van der Waals surface area contributed by atoms with Gasteiger partial charge in [0.2, 0.25) is 0 Å². The molecule has 1 N–H and O–H groups in total. The highest BCUT2D eigenvalue weighted by atomic mass is 19.4. The number of aromatic amines is 1. The van der Waals surface area contributed by atoms with E-state index in [4.69, 9.17) is 0 Å². The van der Waals surface area contributed by atoms with Gasteiger partial charge in [-0.2, -0.15) is 13.2 Å². The zero-order chi connectivity index (χ0) is 28.2. The summed E-state index contributed by atoms with van der Waals surface area (Å²) in [5.41, 5.74) is 2.41. The number of aryl methyl sites for hydroxylation is 1. The van der Waals surface area contributed by atoms with E-state index in [0.29, 0.717) is 29.2 Å². The summed E-state index contributed by atoms with van der Waals surface area (Å²) in [5, 5.41) is 0. The van der Waals surface area contributed by atoms with E-state index in [1.165, 1.54) is 11.6 Å². The first kappa shape index (κ1) is 28.1. The predicted octanol–water partition coefficient (Wildman–Crippen LogP) is 4.81. The molecule has 1 unspecified atom stereocenters. The lowest BCUT2D eigenvalue weighted by Gasteiger charge is -2.23. The molecule has 2 aromatic carbocycles. The number of carbonyl (C=O) groups is 2. The van der Waals surface area contributed by atoms with Gasteiger partial charge in [-0.15, -0.1) is 0 Å². The minimum atomic E-state index is -5.34. The zero-order valence-electron chi connectivity index (χ0n) is 21.8. The Morgan fingerprint density at radius 3 is 2.44 bits per heavy atom. The number of pyridine rings is 1. The van der Waals surface area contributed by atoms with Crippen LogP contribution >= 0.6 is 0 Å². The first-order valence-corrected chi connectivity index (χ1v) is 12.7. The van der Waals surface area contributed by atoms with Crippen LogP contribution in [0.1, 0.15) is 34.8 Å². The highest BCUT2D eigenvalue weighted by Crippen LogP contribution is 2.28. The Labute approximate surface area is 224 Å². The molecule has 0 radical (unpaired) electrons. The molecule has 0 bridgehead atoms. The quantitative estimate of drug-likeness (QED) is 0.326. The second kappa shape index (κ2) is 11.9. The molecule has 4 rings (SSSR count). The number of carbonyl (C=O) groups excluding carboxylic acids is 2. The second-order valence-electron chi connectivity index (χ2n) is 9.77. The van der Waals surface area contributed by atoms with Gasteiger partial charge in [-0.25, -0.2) is 9.59 Å². The number of rotatable bonds is 8. The molecule has 2 heterocycles. The molecule has 1 fully saturated rings. The molecular formula is C29H30F3N3O4. The summed E-state index contributed by atoms with van der Waals surface area (Å²) in [6, 6.07) is 19.2. The number of H-pyrrole nitrogens is 1. The summed E-state index contributed by atoms with van der Waals surface area (Å²) in [4.78, 5) is 42.8. The topological polar surface area (TPSA) is 82.7 Å². The van der Waals surface area contributed by atoms with E-state index in [1.54, 1.807) is 6.92 Å². The van der Waals surface area contributed by atoms with Gasteiger partial charge in [-0.1, -0.05) is 49.4 Å². The molecule has 1 saturated heterocycles. The van der Waals surface area contributed by atoms with E-state index in [1.807, 2.05) is 42.5 Å². The third-order valence-corrected chi connectivity index (χ3v) is 6.81. The number of aromatic nitrogens is 1. The summed E-state index contributed by atoms with van der Waals surface area (Å²) >= 11 is 0. The molecule has 10 heteroatoms. The number of hydrogen-bond acceptors (Lipinski definition) is 6. The van der Waals surface area contributed by atoms with Crippen molar-refractivity contribution in [3.8, 4) is 11.3 Å². The Balaban J connectivity index is 1.42. The van der Waals surface area contributed by atoms with Gasteiger partial charge in [-0.3, -0.25) is 4.79 Å². The maximum absolute atomic E-state index is 12.5. The third-order valence-electron chi connectivity index (χ3n) is 6.81. The van der Waals surface area contributed by atoms with Crippen molar-refractivity contribution < 1.29 is 27.5 Å². The summed E-state index contributed by atoms with van der Waals surface area (Å²) < 4.78 is 41.2. The van der Waals surface area contributed by atoms with Crippen molar-refractivity contribution >= 4 is 17.6 Å². The van der Waals surface area contributed by atoms with E-state index < -0.39 is 29.2 Å². The summed E-state index contributed by atoms with van der Waals surface area (Å²) in [5.74, 6) is -3.78. The average Bonchev–Trinajstić information content (AvgIpc) is 3.36. The molecule has 0 spiro atoms. The van der Waals surface area contributed by atoms with Gasteiger partial charge in [0.15, 0.2) is 0 Å². The van der Waals surface area contributed by atoms with E-state index in [-0.39, 0.29) is 0 Å². The average molecular weight is 542 g/mol. The number of ether oxygens (including phenoxy) is 1. The van der Waals surface area contributed by atoms with Crippen LogP contribution in [0.15, 0.2) is 65.5 Å². The molecule has 1 aliphatic heterocycles. The number of anilines is 1. The highest BCUT2D eigenvalue weighted by molar-refractivity contribution is 5.98. The predicted molar refractivity (Wildman–Crippen MR) is 141 cm³/mol. The molecular weight excluding hydrogens is 511 g/mol. The van der Waals surface area contributed by atoms with Gasteiger partial charge in [0.1, 0.15) is 5.56 Å². The van der Waals surface area contributed by atoms with Crippen LogP contribution in [0, 0.1) is 5.92 Å². The molecule has 39 heavy (non-hydrogen) atoms. The van der Waals surface area contributed by atoms with Crippen LogP contribution in [-0.2, 0) is 22.5 Å². The van der Waals surface area contributed by atoms with E-state index in [9.17, 15) is 27.6 Å². The number of nitrogens with one attached hydrogen (secondary N) is 1. The van der Waals surface area contributed by atoms with Crippen LogP contribution in [0.25, 0.3) is 11.3 Å². The van der Waals surface area contributed by atoms with Gasteiger partial charge in [0.25, 0.3) is 5.56 Å². The van der Waals surface area contributed by atoms with Gasteiger partial charge >= 0.3 is 18.1 Å². The number of nitrogens with zero attached hydrogens (tertiary/aromatic N) is 2. The van der Waals surface area contributed by atoms with Gasteiger partial charge in [-0.05, 0) is 60.7 Å². The molecule has 3 aromatic rings. The van der Waals surface area contributed by atoms with Crippen molar-refractivity contribution in [1.29, 1.82) is 0 Å². The van der Waals surface area contributed by atoms with Gasteiger partial charge in [0.05, 0.1) is 5.69 Å². The van der Waals surface area contributed by atoms with Crippen molar-refractivity contribution in [3.63, 3.8) is 0 Å². The van der Waals surface area contributed by atoms with Crippen molar-refractivity contribution in [1.82, 2.24) is 9.88 Å². The molecule has 1 atom stereocenters. The Morgan fingerprint density at radius 2 is 1.79 bits per heavy atom. The van der Waals surface area contributed by atoms with Crippen LogP contribution in [0.3, 0.4) is 0 Å². The molecule has 0 saturated carbocycles. The third kappa shape index (κ3) is 6.94. The van der Waals surface area contributed by atoms with Crippen LogP contribution in [-0.4, -0.2) is 54.7 Å². The molecule has 0 amide bonds. The fourth-order valence-electron chi connectivity index (χ4n) is 4.91. The molecule has 0 aliphatic carbocycles. The largest absolute Gasteiger partial charge is 0.491 e. The number of alkyl halides is 3. The maximum atomic E-state index is 12.5. The fraction of sp³-hybridized carbons (Fsp3) is 0.345. The minimum absolute atomic E-state index is 0.381. The zero-order valence-corrected chi connectivity index (χ0v) is 21.8. The van der Waals surface area contributed by atoms with Crippen molar-refractivity contribution in [2.75, 3.05) is 31.6 Å². The van der Waals surface area contributed by atoms with Crippen LogP contribution < -0.4 is 10.5 Å². The number of benzene rings is 2. The second-order valence-corrected chi connectivity index (χ2v) is 9.77. The Kier molecular flexibility index (Phi) is 8.54. The summed E-state index contributed by atoms with van der Waals surface area (Å²) in [7, 11) is 2.13. The standard InChI is InChI=1S/C29H30F3N3O4/c1-3-21-15-24(27(37)39-28(38)29(30,31)32)26(36)33-25(21)22-9-11-23(12-10-22)35-14-13-20(18-35)17-34(2)16-19-7-5-4-6-8-19/h4-12,15,20H,3,13-14,16-18H2,1-2H3,(H,33,36). The lowest BCUT2D eigenvalue weighted by Crippen LogP contribution is -2.30. The molecule has 7 nitrogen and oxygen atoms in total. The van der Waals surface area contributed by atoms with Crippen molar-refractivity contribution in [3.05, 3.63) is 87.7 Å². The van der Waals surface area contributed by atoms with Gasteiger partial charge in [0, 0.05) is 31.9 Å². The molecule has 206 valence electrons. The normalized spacial score (nSPS) is 15.5. The number of hydrogen-bond donors (Lipinski definition) is 1. The fourth-order valence-corrected chi connectivity index (χ4v) is 4.91. The lowest BCUT2D eigenvalue weighted by atomic mass is 10.0. The Morgan fingerprint density at radius 1 is 1.10 bits per heavy atom. The smallest absolute Gasteiger partial charge is 0.382 e. The highest BCUT2D eigenvalue weighted by Gasteiger charge is 2.43. The van der Waals surface area contributed by atoms with E-state index in [0.717, 1.165) is 38.3 Å². The van der Waals surface area contributed by atoms with E-state index >= 15 is 0 Å². The lowest BCUT2D eigenvalue weighted by molar-refractivity contribution is -0.193. The number of esters is 2. The maximum Gasteiger partial charge on any atom is 0.491 e.